The number of hydrogen-bond acceptors (Lipinski definition) is 2. The molecule has 1 heterocycles. The molecule has 2 aromatic carbocycles. The predicted octanol–water partition coefficient (Wildman–Crippen LogP) is 2.73. The molecule has 108 valence electrons. The maximum atomic E-state index is 12.8. The molecule has 4 heteroatoms. The van der Waals surface area contributed by atoms with E-state index >= 15 is 0 Å². The van der Waals surface area contributed by atoms with E-state index in [1.807, 2.05) is 12.1 Å². The van der Waals surface area contributed by atoms with Crippen molar-refractivity contribution in [2.75, 3.05) is 13.2 Å². The van der Waals surface area contributed by atoms with Crippen molar-refractivity contribution in [3.8, 4) is 5.75 Å². The molecular weight excluding hydrogens is 269 g/mol. The highest BCUT2D eigenvalue weighted by Crippen LogP contribution is 2.25. The minimum absolute atomic E-state index is 0.0909. The summed E-state index contributed by atoms with van der Waals surface area (Å²) in [5, 5.41) is 2.88. The lowest BCUT2D eigenvalue weighted by Gasteiger charge is -2.07. The van der Waals surface area contributed by atoms with Crippen LogP contribution in [0.1, 0.15) is 21.5 Å². The van der Waals surface area contributed by atoms with E-state index < -0.39 is 0 Å². The number of halogens is 1. The Hall–Kier alpha value is -2.36. The van der Waals surface area contributed by atoms with Crippen LogP contribution in [0.3, 0.4) is 0 Å². The van der Waals surface area contributed by atoms with Crippen LogP contribution in [0.25, 0.3) is 0 Å². The van der Waals surface area contributed by atoms with Crippen molar-refractivity contribution in [1.82, 2.24) is 5.32 Å². The number of rotatable bonds is 4. The number of carbonyl (C=O) groups excluding carboxylic acids is 1. The zero-order chi connectivity index (χ0) is 14.7. The van der Waals surface area contributed by atoms with Gasteiger partial charge in [-0.1, -0.05) is 12.1 Å². The molecule has 0 spiro atoms. The Kier molecular flexibility index (Phi) is 3.86. The fraction of sp³-hybridized carbons (Fsp3) is 0.235. The molecule has 2 aromatic rings. The average Bonchev–Trinajstić information content (AvgIpc) is 2.96. The van der Waals surface area contributed by atoms with E-state index in [1.165, 1.54) is 12.1 Å². The largest absolute Gasteiger partial charge is 0.493 e. The van der Waals surface area contributed by atoms with E-state index in [4.69, 9.17) is 4.74 Å². The minimum atomic E-state index is -0.247. The second-order valence-electron chi connectivity index (χ2n) is 5.05. The number of carbonyl (C=O) groups is 1. The van der Waals surface area contributed by atoms with Crippen LogP contribution in [0.4, 0.5) is 4.39 Å². The maximum Gasteiger partial charge on any atom is 0.251 e. The molecule has 0 aliphatic carbocycles. The lowest BCUT2D eigenvalue weighted by atomic mass is 10.1. The van der Waals surface area contributed by atoms with Crippen molar-refractivity contribution in [3.63, 3.8) is 0 Å². The van der Waals surface area contributed by atoms with Gasteiger partial charge >= 0.3 is 0 Å². The highest BCUT2D eigenvalue weighted by Gasteiger charge is 2.14. The van der Waals surface area contributed by atoms with Crippen molar-refractivity contribution in [2.45, 2.75) is 12.8 Å². The van der Waals surface area contributed by atoms with Crippen molar-refractivity contribution in [2.24, 2.45) is 0 Å². The fourth-order valence-corrected chi connectivity index (χ4v) is 2.40. The van der Waals surface area contributed by atoms with Gasteiger partial charge in [-0.2, -0.15) is 0 Å². The standard InChI is InChI=1S/C17H16FNO2/c18-15-4-1-12(2-5-15)7-9-19-17(20)14-3-6-16-13(11-14)8-10-21-16/h1-6,11H,7-10H2,(H,19,20). The molecule has 0 saturated carbocycles. The molecule has 0 bridgehead atoms. The molecule has 1 aliphatic heterocycles. The zero-order valence-corrected chi connectivity index (χ0v) is 11.6. The third-order valence-corrected chi connectivity index (χ3v) is 3.56. The Balaban J connectivity index is 1.55. The van der Waals surface area contributed by atoms with E-state index in [-0.39, 0.29) is 11.7 Å². The van der Waals surface area contributed by atoms with Gasteiger partial charge in [0.2, 0.25) is 0 Å². The lowest BCUT2D eigenvalue weighted by Crippen LogP contribution is -2.25. The molecule has 1 amide bonds. The Morgan fingerprint density at radius 3 is 2.81 bits per heavy atom. The third-order valence-electron chi connectivity index (χ3n) is 3.56. The van der Waals surface area contributed by atoms with Gasteiger partial charge in [-0.3, -0.25) is 4.79 Å². The summed E-state index contributed by atoms with van der Waals surface area (Å²) in [5.41, 5.74) is 2.73. The number of ether oxygens (including phenoxy) is 1. The molecule has 0 saturated heterocycles. The van der Waals surface area contributed by atoms with E-state index in [0.717, 1.165) is 23.3 Å². The van der Waals surface area contributed by atoms with Crippen LogP contribution >= 0.6 is 0 Å². The van der Waals surface area contributed by atoms with Gasteiger partial charge < -0.3 is 10.1 Å². The van der Waals surface area contributed by atoms with Crippen LogP contribution in [0.5, 0.6) is 5.75 Å². The second kappa shape index (κ2) is 5.95. The Morgan fingerprint density at radius 2 is 2.00 bits per heavy atom. The Morgan fingerprint density at radius 1 is 1.19 bits per heavy atom. The summed E-state index contributed by atoms with van der Waals surface area (Å²) in [4.78, 5) is 12.1. The van der Waals surface area contributed by atoms with Crippen LogP contribution < -0.4 is 10.1 Å². The summed E-state index contributed by atoms with van der Waals surface area (Å²) in [6.45, 7) is 1.21. The number of amides is 1. The maximum absolute atomic E-state index is 12.8. The van der Waals surface area contributed by atoms with E-state index in [0.29, 0.717) is 25.1 Å². The summed E-state index contributed by atoms with van der Waals surface area (Å²) >= 11 is 0. The fourth-order valence-electron chi connectivity index (χ4n) is 2.40. The van der Waals surface area contributed by atoms with Gasteiger partial charge in [0.1, 0.15) is 11.6 Å². The molecule has 1 aliphatic rings. The summed E-state index contributed by atoms with van der Waals surface area (Å²) < 4.78 is 18.2. The molecule has 0 radical (unpaired) electrons. The first kappa shape index (κ1) is 13.6. The van der Waals surface area contributed by atoms with Gasteiger partial charge in [0.25, 0.3) is 5.91 Å². The van der Waals surface area contributed by atoms with E-state index in [1.54, 1.807) is 18.2 Å². The minimum Gasteiger partial charge on any atom is -0.493 e. The predicted molar refractivity (Wildman–Crippen MR) is 78.1 cm³/mol. The molecule has 1 N–H and O–H groups in total. The van der Waals surface area contributed by atoms with Crippen molar-refractivity contribution in [1.29, 1.82) is 0 Å². The van der Waals surface area contributed by atoms with Crippen LogP contribution in [0.15, 0.2) is 42.5 Å². The molecule has 21 heavy (non-hydrogen) atoms. The quantitative estimate of drug-likeness (QED) is 0.938. The van der Waals surface area contributed by atoms with E-state index in [2.05, 4.69) is 5.32 Å². The lowest BCUT2D eigenvalue weighted by molar-refractivity contribution is 0.0954. The Labute approximate surface area is 122 Å². The van der Waals surface area contributed by atoms with Gasteiger partial charge in [-0.05, 0) is 47.9 Å². The van der Waals surface area contributed by atoms with Crippen molar-refractivity contribution in [3.05, 3.63) is 65.0 Å². The smallest absolute Gasteiger partial charge is 0.251 e. The molecule has 3 nitrogen and oxygen atoms in total. The van der Waals surface area contributed by atoms with Crippen LogP contribution in [0, 0.1) is 5.82 Å². The molecular formula is C17H16FNO2. The van der Waals surface area contributed by atoms with Gasteiger partial charge in [-0.15, -0.1) is 0 Å². The van der Waals surface area contributed by atoms with Gasteiger partial charge in [-0.25, -0.2) is 4.39 Å². The first-order chi connectivity index (χ1) is 10.2. The van der Waals surface area contributed by atoms with Crippen LogP contribution in [-0.2, 0) is 12.8 Å². The van der Waals surface area contributed by atoms with Crippen LogP contribution in [0.2, 0.25) is 0 Å². The van der Waals surface area contributed by atoms with Gasteiger partial charge in [0.05, 0.1) is 6.61 Å². The van der Waals surface area contributed by atoms with Gasteiger partial charge in [0.15, 0.2) is 0 Å². The normalized spacial score (nSPS) is 12.6. The third kappa shape index (κ3) is 3.21. The summed E-state index contributed by atoms with van der Waals surface area (Å²) in [7, 11) is 0. The summed E-state index contributed by atoms with van der Waals surface area (Å²) in [6.07, 6.45) is 1.53. The molecule has 0 aromatic heterocycles. The zero-order valence-electron chi connectivity index (χ0n) is 11.6. The number of benzene rings is 2. The van der Waals surface area contributed by atoms with E-state index in [9.17, 15) is 9.18 Å². The molecule has 3 rings (SSSR count). The highest BCUT2D eigenvalue weighted by atomic mass is 19.1. The summed E-state index contributed by atoms with van der Waals surface area (Å²) in [6, 6.07) is 11.8. The van der Waals surface area contributed by atoms with Gasteiger partial charge in [0, 0.05) is 18.5 Å². The monoisotopic (exact) mass is 285 g/mol. The topological polar surface area (TPSA) is 38.3 Å². The van der Waals surface area contributed by atoms with Crippen molar-refractivity contribution < 1.29 is 13.9 Å². The first-order valence-corrected chi connectivity index (χ1v) is 7.01. The van der Waals surface area contributed by atoms with Crippen molar-refractivity contribution >= 4 is 5.91 Å². The first-order valence-electron chi connectivity index (χ1n) is 7.01. The number of nitrogens with one attached hydrogen (secondary N) is 1. The SMILES string of the molecule is O=C(NCCc1ccc(F)cc1)c1ccc2c(c1)CCO2. The molecule has 0 atom stereocenters. The second-order valence-corrected chi connectivity index (χ2v) is 5.05. The summed E-state index contributed by atoms with van der Waals surface area (Å²) in [5.74, 6) is 0.535. The molecule has 0 fully saturated rings. The Bertz CT molecular complexity index is 652. The highest BCUT2D eigenvalue weighted by molar-refractivity contribution is 5.94. The molecule has 0 unspecified atom stereocenters. The average molecular weight is 285 g/mol. The number of hydrogen-bond donors (Lipinski definition) is 1. The number of fused-ring (bicyclic) bond motifs is 1. The van der Waals surface area contributed by atoms with Crippen LogP contribution in [-0.4, -0.2) is 19.1 Å².